The van der Waals surface area contributed by atoms with Gasteiger partial charge in [0.2, 0.25) is 11.6 Å². The van der Waals surface area contributed by atoms with Crippen molar-refractivity contribution in [1.29, 1.82) is 0 Å². The molecule has 0 radical (unpaired) electrons. The van der Waals surface area contributed by atoms with Crippen molar-refractivity contribution in [3.63, 3.8) is 0 Å². The quantitative estimate of drug-likeness (QED) is 0.532. The Hall–Kier alpha value is -0.450. The monoisotopic (exact) mass is 160 g/mol. The van der Waals surface area contributed by atoms with E-state index < -0.39 is 5.79 Å². The molecule has 1 rings (SSSR count). The van der Waals surface area contributed by atoms with E-state index in [-0.39, 0.29) is 12.4 Å². The Labute approximate surface area is 65.4 Å². The highest BCUT2D eigenvalue weighted by Gasteiger charge is 2.40. The molecule has 4 nitrogen and oxygen atoms in total. The van der Waals surface area contributed by atoms with Gasteiger partial charge in [-0.3, -0.25) is 4.79 Å². The molecule has 0 bridgehead atoms. The zero-order chi connectivity index (χ0) is 8.32. The number of rotatable bonds is 2. The summed E-state index contributed by atoms with van der Waals surface area (Å²) < 4.78 is 14.9. The fraction of sp³-hybridized carbons (Fsp3) is 0.857. The minimum atomic E-state index is -1.04. The van der Waals surface area contributed by atoms with Gasteiger partial charge in [-0.25, -0.2) is 0 Å². The second kappa shape index (κ2) is 3.30. The van der Waals surface area contributed by atoms with Crippen molar-refractivity contribution < 1.29 is 19.0 Å². The highest BCUT2D eigenvalue weighted by Crippen LogP contribution is 2.21. The van der Waals surface area contributed by atoms with Crippen molar-refractivity contribution >= 4 is 5.78 Å². The molecule has 1 aliphatic rings. The molecule has 0 aromatic rings. The van der Waals surface area contributed by atoms with Crippen molar-refractivity contribution in [1.82, 2.24) is 0 Å². The van der Waals surface area contributed by atoms with Gasteiger partial charge in [-0.2, -0.15) is 0 Å². The van der Waals surface area contributed by atoms with Gasteiger partial charge in [-0.1, -0.05) is 0 Å². The average Bonchev–Trinajstić information content (AvgIpc) is 2.06. The fourth-order valence-corrected chi connectivity index (χ4v) is 1.14. The van der Waals surface area contributed by atoms with E-state index >= 15 is 0 Å². The van der Waals surface area contributed by atoms with Gasteiger partial charge >= 0.3 is 0 Å². The molecule has 0 spiro atoms. The van der Waals surface area contributed by atoms with Crippen LogP contribution in [0.4, 0.5) is 0 Å². The molecule has 0 saturated carbocycles. The first kappa shape index (κ1) is 8.64. The zero-order valence-electron chi connectivity index (χ0n) is 6.75. The van der Waals surface area contributed by atoms with Crippen LogP contribution in [0, 0.1) is 0 Å². The number of carbonyl (C=O) groups is 1. The summed E-state index contributed by atoms with van der Waals surface area (Å²) in [7, 11) is 2.93. The van der Waals surface area contributed by atoms with E-state index in [4.69, 9.17) is 14.2 Å². The van der Waals surface area contributed by atoms with E-state index in [1.165, 1.54) is 14.2 Å². The van der Waals surface area contributed by atoms with E-state index in [1.807, 2.05) is 0 Å². The molecule has 1 fully saturated rings. The Morgan fingerprint density at radius 2 is 2.09 bits per heavy atom. The van der Waals surface area contributed by atoms with Crippen molar-refractivity contribution in [2.24, 2.45) is 0 Å². The van der Waals surface area contributed by atoms with E-state index in [1.54, 1.807) is 0 Å². The first-order chi connectivity index (χ1) is 5.25. The largest absolute Gasteiger partial charge is 0.373 e. The van der Waals surface area contributed by atoms with Gasteiger partial charge in [-0.15, -0.1) is 0 Å². The van der Waals surface area contributed by atoms with Crippen molar-refractivity contribution in [3.8, 4) is 0 Å². The summed E-state index contributed by atoms with van der Waals surface area (Å²) in [6.07, 6.45) is 0.471. The fourth-order valence-electron chi connectivity index (χ4n) is 1.14. The maximum Gasteiger partial charge on any atom is 0.233 e. The summed E-state index contributed by atoms with van der Waals surface area (Å²) in [5, 5.41) is 0. The number of hydrogen-bond acceptors (Lipinski definition) is 4. The van der Waals surface area contributed by atoms with Gasteiger partial charge in [-0.05, 0) is 0 Å². The summed E-state index contributed by atoms with van der Waals surface area (Å²) in [5.41, 5.74) is 0. The van der Waals surface area contributed by atoms with Gasteiger partial charge in [0.25, 0.3) is 0 Å². The first-order valence-corrected chi connectivity index (χ1v) is 3.46. The lowest BCUT2D eigenvalue weighted by Crippen LogP contribution is -2.49. The SMILES string of the molecule is COC1(OC)CCOCC1=O. The Morgan fingerprint density at radius 3 is 2.45 bits per heavy atom. The maximum absolute atomic E-state index is 11.2. The molecule has 1 saturated heterocycles. The molecule has 0 amide bonds. The molecule has 0 atom stereocenters. The molecule has 0 aliphatic carbocycles. The summed E-state index contributed by atoms with van der Waals surface area (Å²) in [6, 6.07) is 0. The van der Waals surface area contributed by atoms with Crippen LogP contribution in [0.2, 0.25) is 0 Å². The second-order valence-electron chi connectivity index (χ2n) is 2.39. The van der Waals surface area contributed by atoms with Crippen LogP contribution in [0.3, 0.4) is 0 Å². The first-order valence-electron chi connectivity index (χ1n) is 3.46. The van der Waals surface area contributed by atoms with Crippen LogP contribution in [-0.2, 0) is 19.0 Å². The van der Waals surface area contributed by atoms with E-state index in [0.717, 1.165) is 0 Å². The smallest absolute Gasteiger partial charge is 0.233 e. The number of Topliss-reactive ketones (excluding diaryl/α,β-unsaturated/α-hetero) is 1. The molecule has 1 aliphatic heterocycles. The van der Waals surface area contributed by atoms with Gasteiger partial charge in [0.15, 0.2) is 0 Å². The van der Waals surface area contributed by atoms with Gasteiger partial charge in [0.1, 0.15) is 6.61 Å². The highest BCUT2D eigenvalue weighted by atomic mass is 16.7. The second-order valence-corrected chi connectivity index (χ2v) is 2.39. The number of hydrogen-bond donors (Lipinski definition) is 0. The summed E-state index contributed by atoms with van der Waals surface area (Å²) in [6.45, 7) is 0.592. The standard InChI is InChI=1S/C7H12O4/c1-9-7(10-2)3-4-11-5-6(7)8/h3-5H2,1-2H3. The van der Waals surface area contributed by atoms with E-state index in [0.29, 0.717) is 13.0 Å². The van der Waals surface area contributed by atoms with Crippen LogP contribution in [0.15, 0.2) is 0 Å². The van der Waals surface area contributed by atoms with Gasteiger partial charge in [0.05, 0.1) is 6.61 Å². The summed E-state index contributed by atoms with van der Waals surface area (Å²) >= 11 is 0. The molecule has 0 aromatic heterocycles. The third-order valence-electron chi connectivity index (χ3n) is 1.89. The van der Waals surface area contributed by atoms with Crippen LogP contribution in [-0.4, -0.2) is 39.0 Å². The lowest BCUT2D eigenvalue weighted by atomic mass is 10.1. The number of methoxy groups -OCH3 is 2. The van der Waals surface area contributed by atoms with Crippen LogP contribution < -0.4 is 0 Å². The lowest BCUT2D eigenvalue weighted by molar-refractivity contribution is -0.227. The molecule has 0 unspecified atom stereocenters. The average molecular weight is 160 g/mol. The lowest BCUT2D eigenvalue weighted by Gasteiger charge is -2.32. The Balaban J connectivity index is 2.69. The molecular formula is C7H12O4. The minimum absolute atomic E-state index is 0.0850. The number of carbonyl (C=O) groups excluding carboxylic acids is 1. The van der Waals surface area contributed by atoms with Gasteiger partial charge in [0, 0.05) is 20.6 Å². The van der Waals surface area contributed by atoms with Crippen molar-refractivity contribution in [2.75, 3.05) is 27.4 Å². The van der Waals surface area contributed by atoms with Crippen molar-refractivity contribution in [3.05, 3.63) is 0 Å². The molecule has 64 valence electrons. The predicted octanol–water partition coefficient (Wildman–Crippen LogP) is -0.0351. The van der Waals surface area contributed by atoms with E-state index in [9.17, 15) is 4.79 Å². The molecule has 0 N–H and O–H groups in total. The van der Waals surface area contributed by atoms with Gasteiger partial charge < -0.3 is 14.2 Å². The van der Waals surface area contributed by atoms with E-state index in [2.05, 4.69) is 0 Å². The van der Waals surface area contributed by atoms with Crippen molar-refractivity contribution in [2.45, 2.75) is 12.2 Å². The zero-order valence-corrected chi connectivity index (χ0v) is 6.75. The third kappa shape index (κ3) is 1.42. The number of ether oxygens (including phenoxy) is 3. The van der Waals surface area contributed by atoms with Crippen LogP contribution in [0.25, 0.3) is 0 Å². The summed E-state index contributed by atoms with van der Waals surface area (Å²) in [4.78, 5) is 11.2. The predicted molar refractivity (Wildman–Crippen MR) is 37.2 cm³/mol. The topological polar surface area (TPSA) is 44.8 Å². The van der Waals surface area contributed by atoms with Crippen LogP contribution in [0.1, 0.15) is 6.42 Å². The van der Waals surface area contributed by atoms with Crippen LogP contribution in [0.5, 0.6) is 0 Å². The Kier molecular flexibility index (Phi) is 2.59. The summed E-state index contributed by atoms with van der Waals surface area (Å²) in [5.74, 6) is -1.19. The Bertz CT molecular complexity index is 151. The number of ketones is 1. The van der Waals surface area contributed by atoms with Crippen LogP contribution >= 0.6 is 0 Å². The molecular weight excluding hydrogens is 148 g/mol. The third-order valence-corrected chi connectivity index (χ3v) is 1.89. The highest BCUT2D eigenvalue weighted by molar-refractivity contribution is 5.87. The molecule has 1 heterocycles. The molecule has 11 heavy (non-hydrogen) atoms. The maximum atomic E-state index is 11.2. The Morgan fingerprint density at radius 1 is 1.45 bits per heavy atom. The molecule has 4 heteroatoms. The minimum Gasteiger partial charge on any atom is -0.373 e. The molecule has 0 aromatic carbocycles. The normalized spacial score (nSPS) is 23.6.